The van der Waals surface area contributed by atoms with Crippen LogP contribution in [0.3, 0.4) is 0 Å². The normalized spacial score (nSPS) is 19.9. The number of unbranched alkanes of at least 4 members (excludes halogenated alkanes) is 1. The molecule has 0 saturated carbocycles. The molecule has 2 heteroatoms. The van der Waals surface area contributed by atoms with Crippen LogP contribution >= 0.6 is 0 Å². The first kappa shape index (κ1) is 30.3. The van der Waals surface area contributed by atoms with E-state index in [1.165, 1.54) is 60.8 Å². The molecule has 0 amide bonds. The van der Waals surface area contributed by atoms with Crippen molar-refractivity contribution >= 4 is 5.94 Å². The van der Waals surface area contributed by atoms with Crippen molar-refractivity contribution in [2.75, 3.05) is 6.61 Å². The summed E-state index contributed by atoms with van der Waals surface area (Å²) >= 11 is 0. The highest BCUT2D eigenvalue weighted by molar-refractivity contribution is 5.54. The standard InChI is InChI=1S/C32H51O2/c1-8-9-23-34-32-30(7)29(6)20-22-31(32)21-19-27(4)17-11-15-25(2)13-10-14-26(3)16-12-18-28(5)24-33/h15-16,18,20,22,27,30,32H,8-14,17,19,21,23H2,1-7H3/q-1/b25-15+,26-16+. The summed E-state index contributed by atoms with van der Waals surface area (Å²) in [5.74, 6) is 3.15. The second-order valence-corrected chi connectivity index (χ2v) is 10.5. The third kappa shape index (κ3) is 12.6. The maximum absolute atomic E-state index is 10.5. The van der Waals surface area contributed by atoms with Gasteiger partial charge in [-0.25, -0.2) is 6.42 Å². The summed E-state index contributed by atoms with van der Waals surface area (Å²) in [6.45, 7) is 16.3. The second kappa shape index (κ2) is 17.6. The maximum atomic E-state index is 10.5. The Bertz CT molecular complexity index is 758. The Morgan fingerprint density at radius 3 is 2.50 bits per heavy atom. The van der Waals surface area contributed by atoms with Gasteiger partial charge in [0.05, 0.1) is 6.10 Å². The molecule has 0 radical (unpaired) electrons. The smallest absolute Gasteiger partial charge is 0.0850 e. The van der Waals surface area contributed by atoms with Gasteiger partial charge in [0.2, 0.25) is 0 Å². The fraction of sp³-hybridized carbons (Fsp3) is 0.656. The molecule has 0 fully saturated rings. The van der Waals surface area contributed by atoms with Crippen molar-refractivity contribution < 1.29 is 9.53 Å². The first-order valence-corrected chi connectivity index (χ1v) is 13.6. The molecule has 1 aliphatic carbocycles. The lowest BCUT2D eigenvalue weighted by atomic mass is 9.83. The van der Waals surface area contributed by atoms with Crippen LogP contribution in [0.5, 0.6) is 0 Å². The van der Waals surface area contributed by atoms with Crippen molar-refractivity contribution in [1.82, 2.24) is 0 Å². The summed E-state index contributed by atoms with van der Waals surface area (Å²) < 4.78 is 6.31. The molecule has 0 saturated heterocycles. The van der Waals surface area contributed by atoms with E-state index in [9.17, 15) is 4.79 Å². The van der Waals surface area contributed by atoms with Crippen LogP contribution < -0.4 is 0 Å². The monoisotopic (exact) mass is 467 g/mol. The molecule has 0 bridgehead atoms. The van der Waals surface area contributed by atoms with Crippen LogP contribution in [0.25, 0.3) is 0 Å². The highest BCUT2D eigenvalue weighted by Gasteiger charge is 2.25. The minimum absolute atomic E-state index is 0.270. The van der Waals surface area contributed by atoms with E-state index in [-0.39, 0.29) is 6.10 Å². The van der Waals surface area contributed by atoms with Crippen molar-refractivity contribution in [3.05, 3.63) is 58.6 Å². The molecule has 0 aromatic heterocycles. The van der Waals surface area contributed by atoms with Gasteiger partial charge in [0.1, 0.15) is 0 Å². The lowest BCUT2D eigenvalue weighted by molar-refractivity contribution is 0.0461. The zero-order valence-electron chi connectivity index (χ0n) is 23.2. The van der Waals surface area contributed by atoms with Crippen molar-refractivity contribution in [2.45, 2.75) is 119 Å². The average molecular weight is 468 g/mol. The topological polar surface area (TPSA) is 26.3 Å². The van der Waals surface area contributed by atoms with E-state index in [4.69, 9.17) is 4.74 Å². The van der Waals surface area contributed by atoms with Gasteiger partial charge in [0, 0.05) is 12.5 Å². The van der Waals surface area contributed by atoms with Crippen LogP contribution in [-0.2, 0) is 9.53 Å². The molecule has 34 heavy (non-hydrogen) atoms. The molecule has 3 unspecified atom stereocenters. The number of rotatable bonds is 17. The van der Waals surface area contributed by atoms with Gasteiger partial charge < -0.3 is 9.53 Å². The molecule has 2 nitrogen and oxygen atoms in total. The number of carbonyl (C=O) groups excluding carboxylic acids is 1. The third-order valence-corrected chi connectivity index (χ3v) is 7.17. The molecule has 0 aliphatic heterocycles. The van der Waals surface area contributed by atoms with Crippen molar-refractivity contribution in [3.63, 3.8) is 0 Å². The van der Waals surface area contributed by atoms with E-state index in [1.807, 2.05) is 12.4 Å². The molecule has 3 atom stereocenters. The number of hydrogen-bond donors (Lipinski definition) is 0. The molecule has 192 valence electrons. The molecular weight excluding hydrogens is 416 g/mol. The lowest BCUT2D eigenvalue weighted by Gasteiger charge is -2.31. The van der Waals surface area contributed by atoms with Crippen LogP contribution in [0.15, 0.2) is 52.2 Å². The minimum atomic E-state index is 0.270. The number of ether oxygens (including phenoxy) is 1. The summed E-state index contributed by atoms with van der Waals surface area (Å²) in [5.41, 5.74) is 6.54. The summed E-state index contributed by atoms with van der Waals surface area (Å²) in [5, 5.41) is 0. The molecule has 0 heterocycles. The molecular formula is C32H51O2-. The predicted octanol–water partition coefficient (Wildman–Crippen LogP) is 9.33. The van der Waals surface area contributed by atoms with E-state index in [0.717, 1.165) is 38.2 Å². The SMILES string of the molecule is CCCCOC1C(CCC(C)CC/C=C(\C)CCC/C(C)=C/C[CH-]C(C)=C=O)=CC=C(C)C1C. The number of hydrogen-bond acceptors (Lipinski definition) is 2. The fourth-order valence-electron chi connectivity index (χ4n) is 4.38. The average Bonchev–Trinajstić information content (AvgIpc) is 2.81. The Kier molecular flexibility index (Phi) is 15.7. The Morgan fingerprint density at radius 1 is 1.12 bits per heavy atom. The Balaban J connectivity index is 2.34. The highest BCUT2D eigenvalue weighted by atomic mass is 16.5. The van der Waals surface area contributed by atoms with Gasteiger partial charge >= 0.3 is 0 Å². The maximum Gasteiger partial charge on any atom is 0.0850 e. The summed E-state index contributed by atoms with van der Waals surface area (Å²) in [6, 6.07) is 0. The Labute approximate surface area is 211 Å². The van der Waals surface area contributed by atoms with Gasteiger partial charge in [0.15, 0.2) is 0 Å². The minimum Gasteiger partial charge on any atom is -0.373 e. The van der Waals surface area contributed by atoms with E-state index in [0.29, 0.717) is 11.5 Å². The first-order valence-electron chi connectivity index (χ1n) is 13.6. The Morgan fingerprint density at radius 2 is 1.82 bits per heavy atom. The van der Waals surface area contributed by atoms with Gasteiger partial charge in [-0.3, -0.25) is 0 Å². The summed E-state index contributed by atoms with van der Waals surface area (Å²) in [6.07, 6.45) is 23.0. The van der Waals surface area contributed by atoms with Crippen LogP contribution in [0.2, 0.25) is 0 Å². The number of allylic oxidation sites excluding steroid dienone is 7. The third-order valence-electron chi connectivity index (χ3n) is 7.17. The van der Waals surface area contributed by atoms with E-state index in [1.54, 1.807) is 6.92 Å². The molecule has 1 rings (SSSR count). The van der Waals surface area contributed by atoms with E-state index >= 15 is 0 Å². The quantitative estimate of drug-likeness (QED) is 0.0921. The fourth-order valence-corrected chi connectivity index (χ4v) is 4.38. The summed E-state index contributed by atoms with van der Waals surface area (Å²) in [4.78, 5) is 10.5. The van der Waals surface area contributed by atoms with Gasteiger partial charge in [0.25, 0.3) is 0 Å². The highest BCUT2D eigenvalue weighted by Crippen LogP contribution is 2.32. The molecule has 0 aromatic rings. The van der Waals surface area contributed by atoms with Gasteiger partial charge in [-0.2, -0.15) is 5.57 Å². The van der Waals surface area contributed by atoms with Crippen LogP contribution in [0, 0.1) is 18.3 Å². The van der Waals surface area contributed by atoms with Crippen LogP contribution in [0.4, 0.5) is 0 Å². The zero-order chi connectivity index (χ0) is 25.3. The summed E-state index contributed by atoms with van der Waals surface area (Å²) in [7, 11) is 0. The van der Waals surface area contributed by atoms with Crippen LogP contribution in [0.1, 0.15) is 113 Å². The van der Waals surface area contributed by atoms with Crippen LogP contribution in [-0.4, -0.2) is 18.7 Å². The van der Waals surface area contributed by atoms with Crippen molar-refractivity contribution in [1.29, 1.82) is 0 Å². The largest absolute Gasteiger partial charge is 0.373 e. The first-order chi connectivity index (χ1) is 16.3. The predicted molar refractivity (Wildman–Crippen MR) is 148 cm³/mol. The van der Waals surface area contributed by atoms with Crippen molar-refractivity contribution in [3.8, 4) is 0 Å². The van der Waals surface area contributed by atoms with Gasteiger partial charge in [-0.1, -0.05) is 81.6 Å². The molecule has 0 N–H and O–H groups in total. The van der Waals surface area contributed by atoms with E-state index < -0.39 is 0 Å². The van der Waals surface area contributed by atoms with Crippen molar-refractivity contribution in [2.24, 2.45) is 11.8 Å². The molecule has 0 aromatic carbocycles. The Hall–Kier alpha value is -1.76. The van der Waals surface area contributed by atoms with E-state index in [2.05, 4.69) is 65.8 Å². The molecule has 0 spiro atoms. The molecule has 1 aliphatic rings. The van der Waals surface area contributed by atoms with Gasteiger partial charge in [-0.15, -0.1) is 5.94 Å². The lowest BCUT2D eigenvalue weighted by Crippen LogP contribution is -2.28. The zero-order valence-corrected chi connectivity index (χ0v) is 23.2. The van der Waals surface area contributed by atoms with Gasteiger partial charge in [-0.05, 0) is 83.6 Å². The second-order valence-electron chi connectivity index (χ2n) is 10.5.